The molecule has 1 aromatic rings. The second-order valence-electron chi connectivity index (χ2n) is 11.5. The number of ketones is 2. The SMILES string of the molecule is C=CCOc1ccc(C2C3=C(CC(C)(C)CC3=O)N(CCOC)C3=C2C(=O)CC(C)(C)C3)cc1Br. The molecule has 5 nitrogen and oxygen atoms in total. The lowest BCUT2D eigenvalue weighted by Crippen LogP contribution is -2.45. The standard InChI is InChI=1S/C29H36BrNO4/c1-7-11-35-24-9-8-18(13-19(24)30)25-26-20(14-28(2,3)16-22(26)32)31(10-12-34-6)21-15-29(4,5)17-23(33)27(21)25/h7-9,13,25H,1,10-12,14-17H2,2-6H3. The molecule has 0 fully saturated rings. The lowest BCUT2D eigenvalue weighted by Gasteiger charge is -2.49. The van der Waals surface area contributed by atoms with Crippen molar-refractivity contribution in [2.75, 3.05) is 26.9 Å². The Kier molecular flexibility index (Phi) is 7.18. The summed E-state index contributed by atoms with van der Waals surface area (Å²) in [4.78, 5) is 29.8. The smallest absolute Gasteiger partial charge is 0.162 e. The van der Waals surface area contributed by atoms with Crippen LogP contribution in [0.4, 0.5) is 0 Å². The molecule has 0 unspecified atom stereocenters. The van der Waals surface area contributed by atoms with Gasteiger partial charge in [0, 0.05) is 55.0 Å². The molecule has 4 rings (SSSR count). The van der Waals surface area contributed by atoms with Gasteiger partial charge in [-0.25, -0.2) is 0 Å². The van der Waals surface area contributed by atoms with E-state index in [9.17, 15) is 9.59 Å². The Labute approximate surface area is 217 Å². The van der Waals surface area contributed by atoms with Crippen LogP contribution < -0.4 is 4.74 Å². The molecule has 1 heterocycles. The molecule has 6 heteroatoms. The largest absolute Gasteiger partial charge is 0.488 e. The molecular weight excluding hydrogens is 506 g/mol. The van der Waals surface area contributed by atoms with Gasteiger partial charge in [0.1, 0.15) is 12.4 Å². The monoisotopic (exact) mass is 541 g/mol. The van der Waals surface area contributed by atoms with Crippen molar-refractivity contribution in [1.82, 2.24) is 4.90 Å². The van der Waals surface area contributed by atoms with Gasteiger partial charge in [0.2, 0.25) is 0 Å². The van der Waals surface area contributed by atoms with Crippen molar-refractivity contribution in [2.24, 2.45) is 10.8 Å². The lowest BCUT2D eigenvalue weighted by molar-refractivity contribution is -0.119. The summed E-state index contributed by atoms with van der Waals surface area (Å²) >= 11 is 3.64. The van der Waals surface area contributed by atoms with Crippen LogP contribution in [0.25, 0.3) is 0 Å². The molecule has 1 aliphatic heterocycles. The number of carbonyl (C=O) groups is 2. The number of Topliss-reactive ketones (excluding diaryl/α,β-unsaturated/α-hetero) is 2. The van der Waals surface area contributed by atoms with Gasteiger partial charge in [-0.15, -0.1) is 0 Å². The van der Waals surface area contributed by atoms with Crippen molar-refractivity contribution >= 4 is 27.5 Å². The summed E-state index contributed by atoms with van der Waals surface area (Å²) in [7, 11) is 1.69. The average Bonchev–Trinajstić information content (AvgIpc) is 2.75. The molecule has 35 heavy (non-hydrogen) atoms. The fourth-order valence-corrected chi connectivity index (χ4v) is 6.31. The number of halogens is 1. The predicted molar refractivity (Wildman–Crippen MR) is 141 cm³/mol. The maximum absolute atomic E-state index is 13.8. The molecule has 0 saturated carbocycles. The van der Waals surface area contributed by atoms with Gasteiger partial charge in [-0.3, -0.25) is 9.59 Å². The summed E-state index contributed by atoms with van der Waals surface area (Å²) in [6, 6.07) is 5.91. The molecule has 0 bridgehead atoms. The third kappa shape index (κ3) is 5.05. The number of methoxy groups -OCH3 is 1. The van der Waals surface area contributed by atoms with Crippen LogP contribution in [0.5, 0.6) is 5.75 Å². The van der Waals surface area contributed by atoms with E-state index in [0.29, 0.717) is 38.3 Å². The number of benzene rings is 1. The van der Waals surface area contributed by atoms with Gasteiger partial charge in [-0.05, 0) is 57.3 Å². The molecule has 3 aliphatic rings. The highest BCUT2D eigenvalue weighted by atomic mass is 79.9. The molecule has 0 amide bonds. The molecule has 188 valence electrons. The number of allylic oxidation sites excluding steroid dienone is 4. The summed E-state index contributed by atoms with van der Waals surface area (Å²) in [5.74, 6) is 0.615. The van der Waals surface area contributed by atoms with Gasteiger partial charge < -0.3 is 14.4 Å². The fourth-order valence-electron chi connectivity index (χ4n) is 5.80. The minimum absolute atomic E-state index is 0.135. The van der Waals surface area contributed by atoms with Crippen LogP contribution in [0.3, 0.4) is 0 Å². The second kappa shape index (κ2) is 9.70. The van der Waals surface area contributed by atoms with Crippen LogP contribution in [0.2, 0.25) is 0 Å². The number of ether oxygens (including phenoxy) is 2. The van der Waals surface area contributed by atoms with Crippen molar-refractivity contribution in [3.63, 3.8) is 0 Å². The van der Waals surface area contributed by atoms with Crippen LogP contribution in [-0.4, -0.2) is 43.3 Å². The highest BCUT2D eigenvalue weighted by Crippen LogP contribution is 2.54. The molecule has 0 atom stereocenters. The fraction of sp³-hybridized carbons (Fsp3) is 0.517. The van der Waals surface area contributed by atoms with Crippen LogP contribution in [0.1, 0.15) is 64.9 Å². The maximum atomic E-state index is 13.8. The van der Waals surface area contributed by atoms with Crippen LogP contribution in [0, 0.1) is 10.8 Å². The van der Waals surface area contributed by atoms with E-state index in [-0.39, 0.29) is 28.3 Å². The summed E-state index contributed by atoms with van der Waals surface area (Å²) in [6.45, 7) is 13.9. The summed E-state index contributed by atoms with van der Waals surface area (Å²) in [6.07, 6.45) is 4.24. The quantitative estimate of drug-likeness (QED) is 0.376. The molecule has 0 spiro atoms. The van der Waals surface area contributed by atoms with E-state index in [1.54, 1.807) is 13.2 Å². The Balaban J connectivity index is 1.93. The zero-order valence-electron chi connectivity index (χ0n) is 21.5. The van der Waals surface area contributed by atoms with Gasteiger partial charge in [0.05, 0.1) is 11.1 Å². The topological polar surface area (TPSA) is 55.8 Å². The first-order chi connectivity index (χ1) is 16.5. The number of hydrogen-bond donors (Lipinski definition) is 0. The van der Waals surface area contributed by atoms with Crippen molar-refractivity contribution < 1.29 is 19.1 Å². The highest BCUT2D eigenvalue weighted by Gasteiger charge is 2.48. The summed E-state index contributed by atoms with van der Waals surface area (Å²) in [5, 5.41) is 0. The van der Waals surface area contributed by atoms with Gasteiger partial charge in [-0.1, -0.05) is 46.4 Å². The molecule has 0 saturated heterocycles. The van der Waals surface area contributed by atoms with Crippen molar-refractivity contribution in [3.05, 3.63) is 63.4 Å². The number of carbonyl (C=O) groups excluding carboxylic acids is 2. The van der Waals surface area contributed by atoms with Crippen LogP contribution >= 0.6 is 15.9 Å². The van der Waals surface area contributed by atoms with Crippen molar-refractivity contribution in [2.45, 2.75) is 59.3 Å². The number of hydrogen-bond acceptors (Lipinski definition) is 5. The first-order valence-electron chi connectivity index (χ1n) is 12.3. The van der Waals surface area contributed by atoms with E-state index in [2.05, 4.69) is 55.1 Å². The van der Waals surface area contributed by atoms with Crippen LogP contribution in [-0.2, 0) is 14.3 Å². The zero-order valence-corrected chi connectivity index (χ0v) is 23.1. The first kappa shape index (κ1) is 25.9. The van der Waals surface area contributed by atoms with E-state index in [1.165, 1.54) is 0 Å². The Hall–Kier alpha value is -2.18. The third-order valence-electron chi connectivity index (χ3n) is 7.19. The highest BCUT2D eigenvalue weighted by molar-refractivity contribution is 9.10. The van der Waals surface area contributed by atoms with Gasteiger partial charge in [0.25, 0.3) is 0 Å². The minimum Gasteiger partial charge on any atom is -0.488 e. The predicted octanol–water partition coefficient (Wildman–Crippen LogP) is 6.35. The van der Waals surface area contributed by atoms with Gasteiger partial charge >= 0.3 is 0 Å². The first-order valence-corrected chi connectivity index (χ1v) is 13.1. The van der Waals surface area contributed by atoms with Crippen molar-refractivity contribution in [3.8, 4) is 5.75 Å². The molecule has 0 N–H and O–H groups in total. The Morgan fingerprint density at radius 1 is 1.03 bits per heavy atom. The average molecular weight is 543 g/mol. The summed E-state index contributed by atoms with van der Waals surface area (Å²) < 4.78 is 12.0. The number of rotatable bonds is 7. The Morgan fingerprint density at radius 2 is 1.60 bits per heavy atom. The zero-order chi connectivity index (χ0) is 25.5. The summed E-state index contributed by atoms with van der Waals surface area (Å²) in [5.41, 5.74) is 4.33. The van der Waals surface area contributed by atoms with Crippen LogP contribution in [0.15, 0.2) is 57.9 Å². The molecule has 0 radical (unpaired) electrons. The van der Waals surface area contributed by atoms with Gasteiger partial charge in [0.15, 0.2) is 11.6 Å². The normalized spacial score (nSPS) is 21.7. The third-order valence-corrected chi connectivity index (χ3v) is 7.81. The Morgan fingerprint density at radius 3 is 2.09 bits per heavy atom. The maximum Gasteiger partial charge on any atom is 0.162 e. The number of nitrogens with zero attached hydrogens (tertiary/aromatic N) is 1. The molecule has 0 aromatic heterocycles. The van der Waals surface area contributed by atoms with E-state index in [4.69, 9.17) is 9.47 Å². The van der Waals surface area contributed by atoms with E-state index in [0.717, 1.165) is 45.4 Å². The van der Waals surface area contributed by atoms with E-state index < -0.39 is 0 Å². The van der Waals surface area contributed by atoms with E-state index in [1.807, 2.05) is 18.2 Å². The Bertz CT molecular complexity index is 1070. The lowest BCUT2D eigenvalue weighted by atomic mass is 9.63. The van der Waals surface area contributed by atoms with Crippen molar-refractivity contribution in [1.29, 1.82) is 0 Å². The molecule has 2 aliphatic carbocycles. The van der Waals surface area contributed by atoms with Gasteiger partial charge in [-0.2, -0.15) is 0 Å². The minimum atomic E-state index is -0.365. The molecule has 1 aromatic carbocycles. The molecular formula is C29H36BrNO4. The van der Waals surface area contributed by atoms with E-state index >= 15 is 0 Å². The second-order valence-corrected chi connectivity index (χ2v) is 12.3.